The Bertz CT molecular complexity index is 589. The molecule has 3 N–H and O–H groups in total. The number of ether oxygens (including phenoxy) is 2. The molecule has 1 rings (SSSR count). The van der Waals surface area contributed by atoms with Crippen molar-refractivity contribution in [3.8, 4) is 0 Å². The minimum atomic E-state index is -1.13. The van der Waals surface area contributed by atoms with E-state index >= 15 is 0 Å². The summed E-state index contributed by atoms with van der Waals surface area (Å²) < 4.78 is 10.4. The summed E-state index contributed by atoms with van der Waals surface area (Å²) in [5.41, 5.74) is -0.0207. The average molecular weight is 400 g/mol. The van der Waals surface area contributed by atoms with Gasteiger partial charge < -0.3 is 29.7 Å². The highest BCUT2D eigenvalue weighted by Gasteiger charge is 2.36. The van der Waals surface area contributed by atoms with Gasteiger partial charge in [0.2, 0.25) is 10.8 Å². The van der Waals surface area contributed by atoms with E-state index in [1.54, 1.807) is 26.1 Å². The molecule has 0 radical (unpaired) electrons. The molecule has 7 nitrogen and oxygen atoms in total. The van der Waals surface area contributed by atoms with Crippen LogP contribution in [0.3, 0.4) is 0 Å². The van der Waals surface area contributed by atoms with Gasteiger partial charge >= 0.3 is 5.97 Å². The molecule has 27 heavy (non-hydrogen) atoms. The van der Waals surface area contributed by atoms with Crippen molar-refractivity contribution in [1.29, 1.82) is 0 Å². The average Bonchev–Trinajstić information content (AvgIpc) is 2.57. The van der Waals surface area contributed by atoms with Crippen molar-refractivity contribution in [2.75, 3.05) is 26.3 Å². The number of allylic oxidation sites excluding steroid dienone is 3. The molecule has 0 saturated carbocycles. The van der Waals surface area contributed by atoms with Gasteiger partial charge in [-0.1, -0.05) is 13.3 Å². The zero-order valence-corrected chi connectivity index (χ0v) is 16.9. The molecular formula is C19H29NO6S. The van der Waals surface area contributed by atoms with Gasteiger partial charge in [0.25, 0.3) is 0 Å². The minimum absolute atomic E-state index is 0.00706. The van der Waals surface area contributed by atoms with Gasteiger partial charge in [0.05, 0.1) is 6.61 Å². The number of cyclic esters (lactones) is 1. The Morgan fingerprint density at radius 2 is 2.00 bits per heavy atom. The molecule has 0 bridgehead atoms. The van der Waals surface area contributed by atoms with Crippen LogP contribution in [0.5, 0.6) is 0 Å². The highest BCUT2D eigenvalue weighted by molar-refractivity contribution is 7.80. The Morgan fingerprint density at radius 3 is 2.56 bits per heavy atom. The largest absolute Gasteiger partial charge is 0.508 e. The summed E-state index contributed by atoms with van der Waals surface area (Å²) in [4.78, 5) is 13.9. The molecule has 8 heteroatoms. The van der Waals surface area contributed by atoms with Gasteiger partial charge in [-0.2, -0.15) is 0 Å². The van der Waals surface area contributed by atoms with Gasteiger partial charge in [-0.05, 0) is 49.0 Å². The van der Waals surface area contributed by atoms with Gasteiger partial charge in [0.15, 0.2) is 0 Å². The number of carbonyl (C=O) groups is 1. The number of rotatable bonds is 10. The van der Waals surface area contributed by atoms with E-state index in [1.165, 1.54) is 12.2 Å². The van der Waals surface area contributed by atoms with Gasteiger partial charge in [0.1, 0.15) is 11.3 Å². The first kappa shape index (κ1) is 23.1. The lowest BCUT2D eigenvalue weighted by Crippen LogP contribution is -2.41. The quantitative estimate of drug-likeness (QED) is 0.169. The molecule has 1 unspecified atom stereocenters. The molecule has 152 valence electrons. The lowest BCUT2D eigenvalue weighted by Gasteiger charge is -2.31. The molecule has 1 aliphatic heterocycles. The first-order valence-corrected chi connectivity index (χ1v) is 9.34. The lowest BCUT2D eigenvalue weighted by atomic mass is 10.0. The third-order valence-corrected chi connectivity index (χ3v) is 4.27. The molecule has 1 saturated heterocycles. The molecule has 0 aromatic rings. The smallest absolute Gasteiger partial charge is 0.346 e. The highest BCUT2D eigenvalue weighted by atomic mass is 32.1. The fourth-order valence-corrected chi connectivity index (χ4v) is 2.87. The number of hydrogen-bond donors (Lipinski definition) is 3. The SMILES string of the molecule is CCC(CCO)CN(/C=C/C=C(O)/C=C1/C(=O)OC(C)(C)OC1=S)CCO. The van der Waals surface area contributed by atoms with E-state index in [-0.39, 0.29) is 29.6 Å². The fraction of sp³-hybridized carbons (Fsp3) is 0.579. The predicted octanol–water partition coefficient (Wildman–Crippen LogP) is 2.21. The van der Waals surface area contributed by atoms with E-state index in [9.17, 15) is 15.0 Å². The summed E-state index contributed by atoms with van der Waals surface area (Å²) in [6.07, 6.45) is 7.55. The summed E-state index contributed by atoms with van der Waals surface area (Å²) in [5.74, 6) is -1.66. The zero-order chi connectivity index (χ0) is 20.4. The maximum atomic E-state index is 12.0. The van der Waals surface area contributed by atoms with Crippen LogP contribution < -0.4 is 0 Å². The van der Waals surface area contributed by atoms with Crippen molar-refractivity contribution in [2.45, 2.75) is 39.4 Å². The Balaban J connectivity index is 2.79. The maximum absolute atomic E-state index is 12.0. The summed E-state index contributed by atoms with van der Waals surface area (Å²) in [6, 6.07) is 0. The van der Waals surface area contributed by atoms with Crippen LogP contribution in [-0.4, -0.2) is 63.3 Å². The minimum Gasteiger partial charge on any atom is -0.508 e. The van der Waals surface area contributed by atoms with E-state index < -0.39 is 11.8 Å². The van der Waals surface area contributed by atoms with Crippen LogP contribution in [0.4, 0.5) is 0 Å². The first-order valence-electron chi connectivity index (χ1n) is 8.94. The van der Waals surface area contributed by atoms with Crippen molar-refractivity contribution in [2.24, 2.45) is 5.92 Å². The van der Waals surface area contributed by atoms with E-state index in [0.29, 0.717) is 25.4 Å². The molecular weight excluding hydrogens is 370 g/mol. The first-order chi connectivity index (χ1) is 12.7. The Labute approximate surface area is 165 Å². The number of thiocarbonyl (C=S) groups is 1. The molecule has 1 atom stereocenters. The van der Waals surface area contributed by atoms with Gasteiger partial charge in [0, 0.05) is 33.5 Å². The van der Waals surface area contributed by atoms with Gasteiger partial charge in [-0.3, -0.25) is 0 Å². The Kier molecular flexibility index (Phi) is 9.48. The monoisotopic (exact) mass is 399 g/mol. The van der Waals surface area contributed by atoms with E-state index in [4.69, 9.17) is 26.8 Å². The van der Waals surface area contributed by atoms with Crippen LogP contribution >= 0.6 is 12.2 Å². The molecule has 0 amide bonds. The second kappa shape index (κ2) is 11.1. The van der Waals surface area contributed by atoms with Crippen LogP contribution in [0.1, 0.15) is 33.6 Å². The van der Waals surface area contributed by atoms with Gasteiger partial charge in [-0.15, -0.1) is 0 Å². The lowest BCUT2D eigenvalue weighted by molar-refractivity contribution is -0.190. The topological polar surface area (TPSA) is 99.5 Å². The number of aliphatic hydroxyl groups is 3. The summed E-state index contributed by atoms with van der Waals surface area (Å²) in [7, 11) is 0. The molecule has 0 aromatic carbocycles. The molecule has 0 aliphatic carbocycles. The van der Waals surface area contributed by atoms with Crippen molar-refractivity contribution < 1.29 is 29.6 Å². The standard InChI is InChI=1S/C19H29NO6S/c1-4-14(7-10-21)13-20(9-11-22)8-5-6-15(23)12-16-17(24)25-19(2,3)26-18(16)27/h5-6,8,12,14,21-23H,4,7,9-11,13H2,1-3H3/b8-5+,15-6-,16-12-. The maximum Gasteiger partial charge on any atom is 0.346 e. The second-order valence-corrected chi connectivity index (χ2v) is 7.05. The Hall–Kier alpha value is -1.90. The molecule has 1 fully saturated rings. The number of carbonyl (C=O) groups excluding carboxylic acids is 1. The second-order valence-electron chi connectivity index (χ2n) is 6.68. The predicted molar refractivity (Wildman–Crippen MR) is 106 cm³/mol. The van der Waals surface area contributed by atoms with Crippen molar-refractivity contribution in [3.63, 3.8) is 0 Å². The number of aliphatic hydroxyl groups excluding tert-OH is 3. The molecule has 0 aromatic heterocycles. The van der Waals surface area contributed by atoms with Crippen LogP contribution in [0, 0.1) is 5.92 Å². The van der Waals surface area contributed by atoms with Crippen molar-refractivity contribution >= 4 is 23.2 Å². The number of esters is 1. The summed E-state index contributed by atoms with van der Waals surface area (Å²) in [5, 5.41) is 28.3. The molecule has 1 aliphatic rings. The Morgan fingerprint density at radius 1 is 1.30 bits per heavy atom. The third-order valence-electron chi connectivity index (χ3n) is 3.97. The molecule has 0 spiro atoms. The highest BCUT2D eigenvalue weighted by Crippen LogP contribution is 2.24. The summed E-state index contributed by atoms with van der Waals surface area (Å²) in [6.45, 7) is 6.43. The van der Waals surface area contributed by atoms with Crippen LogP contribution in [-0.2, 0) is 14.3 Å². The van der Waals surface area contributed by atoms with Crippen molar-refractivity contribution in [1.82, 2.24) is 4.90 Å². The van der Waals surface area contributed by atoms with E-state index in [1.807, 2.05) is 4.90 Å². The number of nitrogens with zero attached hydrogens (tertiary/aromatic N) is 1. The third kappa shape index (κ3) is 8.11. The van der Waals surface area contributed by atoms with Crippen LogP contribution in [0.25, 0.3) is 0 Å². The van der Waals surface area contributed by atoms with Crippen LogP contribution in [0.2, 0.25) is 0 Å². The molecule has 1 heterocycles. The van der Waals surface area contributed by atoms with Crippen LogP contribution in [0.15, 0.2) is 35.8 Å². The van der Waals surface area contributed by atoms with E-state index in [0.717, 1.165) is 6.42 Å². The van der Waals surface area contributed by atoms with Crippen molar-refractivity contribution in [3.05, 3.63) is 35.8 Å². The summed E-state index contributed by atoms with van der Waals surface area (Å²) >= 11 is 5.04. The normalized spacial score (nSPS) is 19.9. The van der Waals surface area contributed by atoms with E-state index in [2.05, 4.69) is 6.92 Å². The zero-order valence-electron chi connectivity index (χ0n) is 16.1. The fourth-order valence-electron chi connectivity index (χ4n) is 2.53. The van der Waals surface area contributed by atoms with Gasteiger partial charge in [-0.25, -0.2) is 4.79 Å². The number of hydrogen-bond acceptors (Lipinski definition) is 8.